The Kier molecular flexibility index (Phi) is 4.14. The summed E-state index contributed by atoms with van der Waals surface area (Å²) in [5.74, 6) is 3.41. The Labute approximate surface area is 141 Å². The minimum atomic E-state index is -0.938. The summed E-state index contributed by atoms with van der Waals surface area (Å²) in [7, 11) is 0. The molecule has 128 valence electrons. The number of carbonyl (C=O) groups is 2. The van der Waals surface area contributed by atoms with Gasteiger partial charge in [-0.25, -0.2) is 10.8 Å². The molecular formula is C15H18N4O4S. The van der Waals surface area contributed by atoms with E-state index in [0.29, 0.717) is 34.4 Å². The fraction of sp³-hybridized carbons (Fsp3) is 0.467. The number of hydrogen-bond acceptors (Lipinski definition) is 6. The van der Waals surface area contributed by atoms with Gasteiger partial charge in [-0.15, -0.1) is 11.3 Å². The van der Waals surface area contributed by atoms with Gasteiger partial charge < -0.3 is 5.11 Å². The molecule has 0 radical (unpaired) electrons. The topological polar surface area (TPSA) is 127 Å². The second kappa shape index (κ2) is 5.99. The number of aliphatic carboxylic acids is 1. The van der Waals surface area contributed by atoms with Crippen molar-refractivity contribution in [1.82, 2.24) is 15.0 Å². The number of nitrogens with one attached hydrogen (secondary N) is 1. The predicted molar refractivity (Wildman–Crippen MR) is 89.0 cm³/mol. The van der Waals surface area contributed by atoms with Crippen LogP contribution in [0.15, 0.2) is 4.79 Å². The van der Waals surface area contributed by atoms with Crippen molar-refractivity contribution in [2.24, 2.45) is 5.84 Å². The van der Waals surface area contributed by atoms with Crippen LogP contribution in [0.5, 0.6) is 0 Å². The number of thiophene rings is 1. The van der Waals surface area contributed by atoms with E-state index in [1.807, 2.05) is 19.3 Å². The minimum absolute atomic E-state index is 0.0696. The zero-order chi connectivity index (χ0) is 17.6. The first kappa shape index (κ1) is 16.6. The molecule has 2 aromatic rings. The summed E-state index contributed by atoms with van der Waals surface area (Å²) in [6.07, 6.45) is 1.12. The Morgan fingerprint density at radius 2 is 2.21 bits per heavy atom. The van der Waals surface area contributed by atoms with Crippen LogP contribution >= 0.6 is 11.3 Å². The normalized spacial score (nSPS) is 16.6. The van der Waals surface area contributed by atoms with Gasteiger partial charge in [0.1, 0.15) is 17.2 Å². The lowest BCUT2D eigenvalue weighted by Crippen LogP contribution is -2.38. The highest BCUT2D eigenvalue weighted by molar-refractivity contribution is 7.18. The number of fused-ring (bicyclic) bond motifs is 3. The molecule has 0 fully saturated rings. The summed E-state index contributed by atoms with van der Waals surface area (Å²) in [6.45, 7) is 3.52. The van der Waals surface area contributed by atoms with Crippen molar-refractivity contribution in [1.29, 1.82) is 0 Å². The lowest BCUT2D eigenvalue weighted by molar-refractivity contribution is -0.138. The molecule has 0 bridgehead atoms. The van der Waals surface area contributed by atoms with E-state index in [0.717, 1.165) is 4.88 Å². The molecule has 8 nitrogen and oxygen atoms in total. The van der Waals surface area contributed by atoms with E-state index in [4.69, 9.17) is 5.84 Å². The number of hydrazine groups is 1. The fourth-order valence-electron chi connectivity index (χ4n) is 3.17. The molecule has 0 spiro atoms. The van der Waals surface area contributed by atoms with E-state index in [1.54, 1.807) is 0 Å². The van der Waals surface area contributed by atoms with Gasteiger partial charge in [0.2, 0.25) is 0 Å². The standard InChI is InChI=1S/C15H18N4O4S/c1-6(2)12-17-13-11(14(21)19(12)5-9(20)18-16)10-7(15(22)23)3-4-8(10)24-13/h6-7H,3-5,16H2,1-2H3,(H,18,20)(H,22,23). The maximum Gasteiger partial charge on any atom is 0.311 e. The van der Waals surface area contributed by atoms with Gasteiger partial charge >= 0.3 is 5.97 Å². The Morgan fingerprint density at radius 1 is 1.50 bits per heavy atom. The highest BCUT2D eigenvalue weighted by atomic mass is 32.1. The van der Waals surface area contributed by atoms with E-state index < -0.39 is 17.8 Å². The Bertz CT molecular complexity index is 899. The maximum absolute atomic E-state index is 13.0. The van der Waals surface area contributed by atoms with Gasteiger partial charge in [0, 0.05) is 10.8 Å². The monoisotopic (exact) mass is 350 g/mol. The van der Waals surface area contributed by atoms with Gasteiger partial charge in [-0.2, -0.15) is 0 Å². The van der Waals surface area contributed by atoms with Crippen LogP contribution in [0.4, 0.5) is 0 Å². The van der Waals surface area contributed by atoms with Crippen molar-refractivity contribution in [3.63, 3.8) is 0 Å². The molecule has 2 heterocycles. The van der Waals surface area contributed by atoms with E-state index in [2.05, 4.69) is 4.98 Å². The molecule has 1 aliphatic rings. The lowest BCUT2D eigenvalue weighted by Gasteiger charge is -2.15. The first-order valence-corrected chi connectivity index (χ1v) is 8.45. The average molecular weight is 350 g/mol. The second-order valence-electron chi connectivity index (χ2n) is 6.13. The third kappa shape index (κ3) is 2.49. The molecule has 0 saturated heterocycles. The number of rotatable bonds is 4. The molecule has 1 aliphatic carbocycles. The van der Waals surface area contributed by atoms with Crippen LogP contribution in [0.2, 0.25) is 0 Å². The van der Waals surface area contributed by atoms with Gasteiger partial charge in [-0.05, 0) is 18.4 Å². The summed E-state index contributed by atoms with van der Waals surface area (Å²) in [5, 5.41) is 9.75. The quantitative estimate of drug-likeness (QED) is 0.423. The molecule has 0 aliphatic heterocycles. The van der Waals surface area contributed by atoms with Crippen molar-refractivity contribution in [2.75, 3.05) is 0 Å². The summed E-state index contributed by atoms with van der Waals surface area (Å²) in [4.78, 5) is 42.2. The largest absolute Gasteiger partial charge is 0.481 e. The predicted octanol–water partition coefficient (Wildman–Crippen LogP) is 0.686. The molecule has 1 atom stereocenters. The molecule has 3 rings (SSSR count). The van der Waals surface area contributed by atoms with Crippen LogP contribution in [-0.2, 0) is 22.6 Å². The number of nitrogens with two attached hydrogens (primary N) is 1. The number of carbonyl (C=O) groups excluding carboxylic acids is 1. The van der Waals surface area contributed by atoms with E-state index in [1.165, 1.54) is 15.9 Å². The SMILES string of the molecule is CC(C)c1nc2sc3c(c2c(=O)n1CC(=O)NN)C(C(=O)O)CC3. The smallest absolute Gasteiger partial charge is 0.311 e. The minimum Gasteiger partial charge on any atom is -0.481 e. The molecule has 0 saturated carbocycles. The highest BCUT2D eigenvalue weighted by Crippen LogP contribution is 2.42. The van der Waals surface area contributed by atoms with Crippen molar-refractivity contribution >= 4 is 33.4 Å². The molecule has 1 unspecified atom stereocenters. The van der Waals surface area contributed by atoms with Crippen LogP contribution in [0.3, 0.4) is 0 Å². The number of aryl methyl sites for hydroxylation is 1. The average Bonchev–Trinajstić information content (AvgIpc) is 3.07. The van der Waals surface area contributed by atoms with E-state index >= 15 is 0 Å². The zero-order valence-corrected chi connectivity index (χ0v) is 14.1. The molecule has 1 amide bonds. The van der Waals surface area contributed by atoms with Gasteiger partial charge in [0.15, 0.2) is 0 Å². The molecule has 24 heavy (non-hydrogen) atoms. The summed E-state index contributed by atoms with van der Waals surface area (Å²) >= 11 is 1.37. The third-order valence-electron chi connectivity index (χ3n) is 4.24. The third-order valence-corrected chi connectivity index (χ3v) is 5.40. The molecule has 9 heteroatoms. The highest BCUT2D eigenvalue weighted by Gasteiger charge is 2.34. The van der Waals surface area contributed by atoms with Gasteiger partial charge in [0.25, 0.3) is 11.5 Å². The first-order valence-electron chi connectivity index (χ1n) is 7.63. The van der Waals surface area contributed by atoms with Crippen LogP contribution in [0.25, 0.3) is 10.2 Å². The van der Waals surface area contributed by atoms with E-state index in [9.17, 15) is 19.5 Å². The van der Waals surface area contributed by atoms with Crippen LogP contribution in [0.1, 0.15) is 48.4 Å². The first-order chi connectivity index (χ1) is 11.3. The maximum atomic E-state index is 13.0. The molecule has 2 aromatic heterocycles. The summed E-state index contributed by atoms with van der Waals surface area (Å²) in [6, 6.07) is 0. The molecular weight excluding hydrogens is 332 g/mol. The summed E-state index contributed by atoms with van der Waals surface area (Å²) < 4.78 is 1.29. The number of aromatic nitrogens is 2. The van der Waals surface area contributed by atoms with Crippen LogP contribution < -0.4 is 16.8 Å². The van der Waals surface area contributed by atoms with Gasteiger partial charge in [0.05, 0.1) is 11.3 Å². The van der Waals surface area contributed by atoms with Crippen LogP contribution in [-0.4, -0.2) is 26.5 Å². The number of carboxylic acids is 1. The van der Waals surface area contributed by atoms with E-state index in [-0.39, 0.29) is 18.0 Å². The number of hydrogen-bond donors (Lipinski definition) is 3. The zero-order valence-electron chi connectivity index (χ0n) is 13.3. The fourth-order valence-corrected chi connectivity index (χ4v) is 4.42. The Morgan fingerprint density at radius 3 is 2.79 bits per heavy atom. The van der Waals surface area contributed by atoms with Crippen molar-refractivity contribution in [3.8, 4) is 0 Å². The van der Waals surface area contributed by atoms with Crippen LogP contribution in [0, 0.1) is 0 Å². The van der Waals surface area contributed by atoms with Crippen molar-refractivity contribution in [3.05, 3.63) is 26.6 Å². The van der Waals surface area contributed by atoms with Gasteiger partial charge in [-0.3, -0.25) is 24.4 Å². The Hall–Kier alpha value is -2.26. The second-order valence-corrected chi connectivity index (χ2v) is 7.22. The molecule has 0 aromatic carbocycles. The summed E-state index contributed by atoms with van der Waals surface area (Å²) in [5.41, 5.74) is 2.20. The number of carboxylic acid groups (broad SMARTS) is 1. The van der Waals surface area contributed by atoms with Crippen molar-refractivity contribution in [2.45, 2.75) is 45.1 Å². The number of nitrogens with zero attached hydrogens (tertiary/aromatic N) is 2. The van der Waals surface area contributed by atoms with Gasteiger partial charge in [-0.1, -0.05) is 13.8 Å². The van der Waals surface area contributed by atoms with Crippen molar-refractivity contribution < 1.29 is 14.7 Å². The lowest BCUT2D eigenvalue weighted by atomic mass is 10.0. The Balaban J connectivity index is 2.30. The molecule has 4 N–H and O–H groups in total. The number of amides is 1.